The minimum absolute atomic E-state index is 0. The molecule has 0 radical (unpaired) electrons. The molecular formula is C20H18ClF2NO. The van der Waals surface area contributed by atoms with Crippen molar-refractivity contribution in [3.63, 3.8) is 0 Å². The molecule has 0 bridgehead atoms. The van der Waals surface area contributed by atoms with E-state index < -0.39 is 11.6 Å². The third kappa shape index (κ3) is 4.35. The van der Waals surface area contributed by atoms with Crippen LogP contribution in [-0.4, -0.2) is 0 Å². The van der Waals surface area contributed by atoms with Gasteiger partial charge in [0, 0.05) is 17.7 Å². The van der Waals surface area contributed by atoms with Gasteiger partial charge in [0.25, 0.3) is 0 Å². The second kappa shape index (κ2) is 8.60. The standard InChI is InChI=1S/C20H17F2NO.ClH/c21-18-8-4-7-17(20(18)22)16-10-9-15(12-23)11-19(16)24-13-14-5-2-1-3-6-14;/h1-11H,12-13,23H2;1H. The lowest BCUT2D eigenvalue weighted by Crippen LogP contribution is -2.01. The van der Waals surface area contributed by atoms with Gasteiger partial charge in [-0.3, -0.25) is 0 Å². The molecule has 3 aromatic carbocycles. The maximum absolute atomic E-state index is 14.2. The van der Waals surface area contributed by atoms with Gasteiger partial charge in [0.2, 0.25) is 0 Å². The van der Waals surface area contributed by atoms with Crippen LogP contribution in [0.2, 0.25) is 0 Å². The number of benzene rings is 3. The molecule has 5 heteroatoms. The third-order valence-corrected chi connectivity index (χ3v) is 3.76. The number of nitrogens with two attached hydrogens (primary N) is 1. The van der Waals surface area contributed by atoms with E-state index in [0.717, 1.165) is 17.2 Å². The molecule has 0 aromatic heterocycles. The van der Waals surface area contributed by atoms with E-state index in [-0.39, 0.29) is 18.0 Å². The van der Waals surface area contributed by atoms with E-state index in [1.54, 1.807) is 18.2 Å². The fourth-order valence-electron chi connectivity index (χ4n) is 2.48. The van der Waals surface area contributed by atoms with Crippen LogP contribution in [0.25, 0.3) is 11.1 Å². The Balaban J connectivity index is 0.00000225. The van der Waals surface area contributed by atoms with Gasteiger partial charge in [-0.2, -0.15) is 0 Å². The Kier molecular flexibility index (Phi) is 6.51. The molecule has 0 heterocycles. The molecule has 0 saturated heterocycles. The van der Waals surface area contributed by atoms with Crippen LogP contribution < -0.4 is 10.5 Å². The number of hydrogen-bond donors (Lipinski definition) is 1. The molecule has 25 heavy (non-hydrogen) atoms. The average Bonchev–Trinajstić information content (AvgIpc) is 2.63. The van der Waals surface area contributed by atoms with Gasteiger partial charge in [0.15, 0.2) is 11.6 Å². The second-order valence-electron chi connectivity index (χ2n) is 5.41. The molecule has 0 aliphatic rings. The van der Waals surface area contributed by atoms with Gasteiger partial charge in [0.05, 0.1) is 0 Å². The fraction of sp³-hybridized carbons (Fsp3) is 0.100. The SMILES string of the molecule is Cl.NCc1ccc(-c2cccc(F)c2F)c(OCc2ccccc2)c1. The fourth-order valence-corrected chi connectivity index (χ4v) is 2.48. The Morgan fingerprint density at radius 2 is 1.56 bits per heavy atom. The van der Waals surface area contributed by atoms with Gasteiger partial charge < -0.3 is 10.5 Å². The molecule has 3 rings (SSSR count). The third-order valence-electron chi connectivity index (χ3n) is 3.76. The molecule has 0 spiro atoms. The van der Waals surface area contributed by atoms with E-state index in [1.807, 2.05) is 30.3 Å². The molecule has 0 amide bonds. The molecule has 2 nitrogen and oxygen atoms in total. The molecular weight excluding hydrogens is 344 g/mol. The molecule has 0 aliphatic carbocycles. The molecule has 130 valence electrons. The normalized spacial score (nSPS) is 10.2. The number of hydrogen-bond acceptors (Lipinski definition) is 2. The number of rotatable bonds is 5. The maximum atomic E-state index is 14.2. The van der Waals surface area contributed by atoms with Gasteiger partial charge >= 0.3 is 0 Å². The van der Waals surface area contributed by atoms with Crippen LogP contribution in [0.5, 0.6) is 5.75 Å². The molecule has 0 atom stereocenters. The summed E-state index contributed by atoms with van der Waals surface area (Å²) in [6, 6.07) is 19.0. The lowest BCUT2D eigenvalue weighted by Gasteiger charge is -2.14. The zero-order valence-electron chi connectivity index (χ0n) is 13.4. The van der Waals surface area contributed by atoms with E-state index in [0.29, 0.717) is 24.5 Å². The Bertz CT molecular complexity index is 840. The first-order chi connectivity index (χ1) is 11.7. The first kappa shape index (κ1) is 18.9. The van der Waals surface area contributed by atoms with E-state index in [4.69, 9.17) is 10.5 Å². The predicted molar refractivity (Wildman–Crippen MR) is 97.7 cm³/mol. The van der Waals surface area contributed by atoms with Crippen molar-refractivity contribution in [2.24, 2.45) is 5.73 Å². The summed E-state index contributed by atoms with van der Waals surface area (Å²) < 4.78 is 33.6. The zero-order chi connectivity index (χ0) is 16.9. The Morgan fingerprint density at radius 1 is 0.800 bits per heavy atom. The quantitative estimate of drug-likeness (QED) is 0.686. The largest absolute Gasteiger partial charge is 0.488 e. The van der Waals surface area contributed by atoms with E-state index in [1.165, 1.54) is 12.1 Å². The summed E-state index contributed by atoms with van der Waals surface area (Å²) in [6.07, 6.45) is 0. The average molecular weight is 362 g/mol. The summed E-state index contributed by atoms with van der Waals surface area (Å²) in [5.74, 6) is -1.29. The lowest BCUT2D eigenvalue weighted by molar-refractivity contribution is 0.307. The summed E-state index contributed by atoms with van der Waals surface area (Å²) in [5, 5.41) is 0. The maximum Gasteiger partial charge on any atom is 0.166 e. The first-order valence-electron chi connectivity index (χ1n) is 7.63. The van der Waals surface area contributed by atoms with Crippen molar-refractivity contribution in [2.45, 2.75) is 13.2 Å². The summed E-state index contributed by atoms with van der Waals surface area (Å²) in [4.78, 5) is 0. The Morgan fingerprint density at radius 3 is 2.28 bits per heavy atom. The number of halogens is 3. The molecule has 0 unspecified atom stereocenters. The van der Waals surface area contributed by atoms with Crippen LogP contribution in [0.15, 0.2) is 66.7 Å². The van der Waals surface area contributed by atoms with Crippen LogP contribution in [0.3, 0.4) is 0 Å². The molecule has 0 aliphatic heterocycles. The number of ether oxygens (including phenoxy) is 1. The first-order valence-corrected chi connectivity index (χ1v) is 7.63. The van der Waals surface area contributed by atoms with Gasteiger partial charge in [-0.1, -0.05) is 54.6 Å². The van der Waals surface area contributed by atoms with Crippen LogP contribution >= 0.6 is 12.4 Å². The van der Waals surface area contributed by atoms with Crippen molar-refractivity contribution in [3.05, 3.63) is 89.5 Å². The van der Waals surface area contributed by atoms with Gasteiger partial charge in [-0.05, 0) is 23.3 Å². The van der Waals surface area contributed by atoms with Gasteiger partial charge in [-0.15, -0.1) is 12.4 Å². The lowest BCUT2D eigenvalue weighted by atomic mass is 10.0. The monoisotopic (exact) mass is 361 g/mol. The van der Waals surface area contributed by atoms with Crippen molar-refractivity contribution in [1.29, 1.82) is 0 Å². The summed E-state index contributed by atoms with van der Waals surface area (Å²) >= 11 is 0. The Hall–Kier alpha value is -2.43. The van der Waals surface area contributed by atoms with Crippen molar-refractivity contribution in [1.82, 2.24) is 0 Å². The molecule has 0 fully saturated rings. The zero-order valence-corrected chi connectivity index (χ0v) is 14.2. The second-order valence-corrected chi connectivity index (χ2v) is 5.41. The van der Waals surface area contributed by atoms with Crippen LogP contribution in [0.1, 0.15) is 11.1 Å². The van der Waals surface area contributed by atoms with Crippen LogP contribution in [0.4, 0.5) is 8.78 Å². The topological polar surface area (TPSA) is 35.2 Å². The van der Waals surface area contributed by atoms with E-state index in [2.05, 4.69) is 0 Å². The highest BCUT2D eigenvalue weighted by Gasteiger charge is 2.14. The van der Waals surface area contributed by atoms with Crippen LogP contribution in [-0.2, 0) is 13.2 Å². The van der Waals surface area contributed by atoms with Crippen LogP contribution in [0, 0.1) is 11.6 Å². The minimum Gasteiger partial charge on any atom is -0.488 e. The molecule has 2 N–H and O–H groups in total. The van der Waals surface area contributed by atoms with Crippen molar-refractivity contribution in [2.75, 3.05) is 0 Å². The highest BCUT2D eigenvalue weighted by Crippen LogP contribution is 2.34. The highest BCUT2D eigenvalue weighted by atomic mass is 35.5. The molecule has 0 saturated carbocycles. The van der Waals surface area contributed by atoms with E-state index in [9.17, 15) is 8.78 Å². The van der Waals surface area contributed by atoms with Crippen molar-refractivity contribution < 1.29 is 13.5 Å². The van der Waals surface area contributed by atoms with E-state index >= 15 is 0 Å². The predicted octanol–water partition coefficient (Wildman–Crippen LogP) is 5.09. The van der Waals surface area contributed by atoms with Crippen molar-refractivity contribution in [3.8, 4) is 16.9 Å². The van der Waals surface area contributed by atoms with Gasteiger partial charge in [0.1, 0.15) is 12.4 Å². The molecule has 3 aromatic rings. The summed E-state index contributed by atoms with van der Waals surface area (Å²) in [5.41, 5.74) is 8.19. The summed E-state index contributed by atoms with van der Waals surface area (Å²) in [6.45, 7) is 0.673. The summed E-state index contributed by atoms with van der Waals surface area (Å²) in [7, 11) is 0. The smallest absolute Gasteiger partial charge is 0.166 e. The van der Waals surface area contributed by atoms with Crippen molar-refractivity contribution >= 4 is 12.4 Å². The minimum atomic E-state index is -0.887. The van der Waals surface area contributed by atoms with Gasteiger partial charge in [-0.25, -0.2) is 8.78 Å². The Labute approximate surface area is 151 Å². The highest BCUT2D eigenvalue weighted by molar-refractivity contribution is 5.85.